The maximum absolute atomic E-state index is 9.25. The van der Waals surface area contributed by atoms with Crippen molar-refractivity contribution in [2.45, 2.75) is 13.0 Å². The number of aliphatic hydroxyl groups is 2. The number of nitrogens with one attached hydrogen (secondary N) is 1. The number of anilines is 1. The molecule has 0 aliphatic carbocycles. The van der Waals surface area contributed by atoms with E-state index in [1.54, 1.807) is 0 Å². The molecule has 0 radical (unpaired) electrons. The number of ether oxygens (including phenoxy) is 1. The summed E-state index contributed by atoms with van der Waals surface area (Å²) in [5.74, 6) is 1.55. The fourth-order valence-electron chi connectivity index (χ4n) is 1.68. The Morgan fingerprint density at radius 1 is 1.00 bits per heavy atom. The van der Waals surface area contributed by atoms with Crippen LogP contribution in [0.4, 0.5) is 5.69 Å². The normalized spacial score (nSPS) is 11.9. The van der Waals surface area contributed by atoms with Crippen LogP contribution in [-0.4, -0.2) is 29.5 Å². The number of hydrogen-bond donors (Lipinski definition) is 3. The van der Waals surface area contributed by atoms with Crippen molar-refractivity contribution >= 4 is 5.69 Å². The minimum Gasteiger partial charge on any atom is -0.457 e. The molecule has 0 aromatic heterocycles. The van der Waals surface area contributed by atoms with Crippen molar-refractivity contribution in [3.8, 4) is 11.5 Å². The van der Waals surface area contributed by atoms with Crippen molar-refractivity contribution in [2.24, 2.45) is 0 Å². The van der Waals surface area contributed by atoms with Gasteiger partial charge in [0, 0.05) is 12.2 Å². The summed E-state index contributed by atoms with van der Waals surface area (Å²) < 4.78 is 5.72. The summed E-state index contributed by atoms with van der Waals surface area (Å²) in [6.45, 7) is 2.10. The molecule has 0 aliphatic heterocycles. The van der Waals surface area contributed by atoms with Crippen LogP contribution in [0, 0.1) is 6.92 Å². The Morgan fingerprint density at radius 2 is 1.55 bits per heavy atom. The molecule has 0 heterocycles. The van der Waals surface area contributed by atoms with Gasteiger partial charge in [-0.25, -0.2) is 0 Å². The zero-order valence-corrected chi connectivity index (χ0v) is 11.4. The summed E-state index contributed by atoms with van der Waals surface area (Å²) in [5.41, 5.74) is 2.06. The minimum absolute atomic E-state index is 0.248. The van der Waals surface area contributed by atoms with E-state index >= 15 is 0 Å². The number of hydrogen-bond acceptors (Lipinski definition) is 4. The highest BCUT2D eigenvalue weighted by Crippen LogP contribution is 2.23. The monoisotopic (exact) mass is 273 g/mol. The van der Waals surface area contributed by atoms with Gasteiger partial charge >= 0.3 is 0 Å². The van der Waals surface area contributed by atoms with Crippen LogP contribution in [-0.2, 0) is 0 Å². The summed E-state index contributed by atoms with van der Waals surface area (Å²) in [5, 5.41) is 21.0. The third kappa shape index (κ3) is 4.26. The molecule has 1 atom stereocenters. The van der Waals surface area contributed by atoms with Gasteiger partial charge < -0.3 is 20.3 Å². The van der Waals surface area contributed by atoms with Gasteiger partial charge in [-0.05, 0) is 43.3 Å². The average Bonchev–Trinajstić information content (AvgIpc) is 2.48. The van der Waals surface area contributed by atoms with Crippen molar-refractivity contribution < 1.29 is 14.9 Å². The molecule has 0 bridgehead atoms. The van der Waals surface area contributed by atoms with Gasteiger partial charge in [0.25, 0.3) is 0 Å². The molecule has 0 amide bonds. The fourth-order valence-corrected chi connectivity index (χ4v) is 1.68. The molecule has 2 aromatic carbocycles. The largest absolute Gasteiger partial charge is 0.457 e. The van der Waals surface area contributed by atoms with Gasteiger partial charge in [-0.2, -0.15) is 0 Å². The first-order chi connectivity index (χ1) is 9.67. The van der Waals surface area contributed by atoms with E-state index in [0.29, 0.717) is 6.54 Å². The number of benzene rings is 2. The Hall–Kier alpha value is -2.04. The Kier molecular flexibility index (Phi) is 4.98. The van der Waals surface area contributed by atoms with Crippen LogP contribution < -0.4 is 10.1 Å². The molecule has 20 heavy (non-hydrogen) atoms. The molecular formula is C16H19NO3. The first kappa shape index (κ1) is 14.4. The molecular weight excluding hydrogens is 254 g/mol. The van der Waals surface area contributed by atoms with Gasteiger partial charge in [-0.3, -0.25) is 0 Å². The molecule has 4 nitrogen and oxygen atoms in total. The summed E-state index contributed by atoms with van der Waals surface area (Å²) in [4.78, 5) is 0. The van der Waals surface area contributed by atoms with E-state index in [0.717, 1.165) is 17.2 Å². The lowest BCUT2D eigenvalue weighted by Crippen LogP contribution is -2.22. The van der Waals surface area contributed by atoms with Gasteiger partial charge in [0.15, 0.2) is 0 Å². The lowest BCUT2D eigenvalue weighted by Gasteiger charge is -2.11. The second kappa shape index (κ2) is 6.93. The van der Waals surface area contributed by atoms with Crippen molar-refractivity contribution in [1.82, 2.24) is 0 Å². The van der Waals surface area contributed by atoms with Crippen LogP contribution in [0.25, 0.3) is 0 Å². The predicted molar refractivity (Wildman–Crippen MR) is 79.3 cm³/mol. The van der Waals surface area contributed by atoms with Crippen LogP contribution in [0.5, 0.6) is 11.5 Å². The summed E-state index contributed by atoms with van der Waals surface area (Å²) >= 11 is 0. The molecule has 0 fully saturated rings. The first-order valence-corrected chi connectivity index (χ1v) is 6.55. The molecule has 2 aromatic rings. The fraction of sp³-hybridized carbons (Fsp3) is 0.250. The highest BCUT2D eigenvalue weighted by atomic mass is 16.5. The van der Waals surface area contributed by atoms with E-state index in [2.05, 4.69) is 5.32 Å². The van der Waals surface area contributed by atoms with Crippen LogP contribution in [0.1, 0.15) is 5.56 Å². The lowest BCUT2D eigenvalue weighted by molar-refractivity contribution is 0.105. The minimum atomic E-state index is -0.751. The van der Waals surface area contributed by atoms with Gasteiger partial charge in [0.2, 0.25) is 0 Å². The van der Waals surface area contributed by atoms with Crippen molar-refractivity contribution in [3.63, 3.8) is 0 Å². The average molecular weight is 273 g/mol. The predicted octanol–water partition coefficient (Wildman–Crippen LogP) is 2.55. The van der Waals surface area contributed by atoms with Gasteiger partial charge in [0.1, 0.15) is 11.5 Å². The summed E-state index contributed by atoms with van der Waals surface area (Å²) in [6.07, 6.45) is -0.751. The zero-order chi connectivity index (χ0) is 14.4. The van der Waals surface area contributed by atoms with Crippen LogP contribution in [0.2, 0.25) is 0 Å². The maximum Gasteiger partial charge on any atom is 0.127 e. The van der Waals surface area contributed by atoms with Crippen molar-refractivity contribution in [3.05, 3.63) is 54.1 Å². The topological polar surface area (TPSA) is 61.7 Å². The molecule has 0 saturated carbocycles. The van der Waals surface area contributed by atoms with Gasteiger partial charge in [-0.15, -0.1) is 0 Å². The van der Waals surface area contributed by atoms with Gasteiger partial charge in [-0.1, -0.05) is 17.7 Å². The van der Waals surface area contributed by atoms with Crippen molar-refractivity contribution in [2.75, 3.05) is 18.5 Å². The Labute approximate surface area is 118 Å². The Bertz CT molecular complexity index is 522. The second-order valence-corrected chi connectivity index (χ2v) is 4.66. The number of rotatable bonds is 6. The van der Waals surface area contributed by atoms with Gasteiger partial charge in [0.05, 0.1) is 12.7 Å². The maximum atomic E-state index is 9.25. The molecule has 0 saturated heterocycles. The van der Waals surface area contributed by atoms with E-state index < -0.39 is 6.10 Å². The second-order valence-electron chi connectivity index (χ2n) is 4.66. The SMILES string of the molecule is Cc1ccc(Oc2ccc(NCC(O)CO)cc2)cc1. The Morgan fingerprint density at radius 3 is 2.10 bits per heavy atom. The molecule has 2 rings (SSSR count). The third-order valence-corrected chi connectivity index (χ3v) is 2.86. The van der Waals surface area contributed by atoms with E-state index in [4.69, 9.17) is 9.84 Å². The number of aryl methyl sites for hydroxylation is 1. The highest BCUT2D eigenvalue weighted by molar-refractivity contribution is 5.47. The molecule has 106 valence electrons. The molecule has 0 spiro atoms. The molecule has 0 aliphatic rings. The summed E-state index contributed by atoms with van der Waals surface area (Å²) in [7, 11) is 0. The quantitative estimate of drug-likeness (QED) is 0.757. The zero-order valence-electron chi connectivity index (χ0n) is 11.4. The van der Waals surface area contributed by atoms with E-state index in [1.165, 1.54) is 5.56 Å². The molecule has 4 heteroatoms. The van der Waals surface area contributed by atoms with Crippen LogP contribution >= 0.6 is 0 Å². The highest BCUT2D eigenvalue weighted by Gasteiger charge is 2.02. The third-order valence-electron chi connectivity index (χ3n) is 2.86. The van der Waals surface area contributed by atoms with E-state index in [9.17, 15) is 5.11 Å². The van der Waals surface area contributed by atoms with Crippen LogP contribution in [0.3, 0.4) is 0 Å². The number of aliphatic hydroxyl groups excluding tert-OH is 2. The Balaban J connectivity index is 1.92. The standard InChI is InChI=1S/C16H19NO3/c1-12-2-6-15(7-3-12)20-16-8-4-13(5-9-16)17-10-14(19)11-18/h2-9,14,17-19H,10-11H2,1H3. The smallest absolute Gasteiger partial charge is 0.127 e. The van der Waals surface area contributed by atoms with Crippen LogP contribution in [0.15, 0.2) is 48.5 Å². The van der Waals surface area contributed by atoms with E-state index in [1.807, 2.05) is 55.5 Å². The van der Waals surface area contributed by atoms with Crippen molar-refractivity contribution in [1.29, 1.82) is 0 Å². The summed E-state index contributed by atoms with van der Waals surface area (Å²) in [6, 6.07) is 15.3. The lowest BCUT2D eigenvalue weighted by atomic mass is 10.2. The molecule has 3 N–H and O–H groups in total. The van der Waals surface area contributed by atoms with E-state index in [-0.39, 0.29) is 6.61 Å². The first-order valence-electron chi connectivity index (χ1n) is 6.55. The molecule has 1 unspecified atom stereocenters.